The molecule has 1 unspecified atom stereocenters. The fourth-order valence-corrected chi connectivity index (χ4v) is 8.34. The summed E-state index contributed by atoms with van der Waals surface area (Å²) >= 11 is 0.740. The lowest BCUT2D eigenvalue weighted by Crippen LogP contribution is -2.34. The van der Waals surface area contributed by atoms with Crippen LogP contribution in [-0.2, 0) is 32.7 Å². The Morgan fingerprint density at radius 1 is 0.939 bits per heavy atom. The average Bonchev–Trinajstić information content (AvgIpc) is 3.32. The number of rotatable bonds is 7. The second-order valence-corrected chi connectivity index (χ2v) is 13.3. The number of likely N-dealkylation sites (N-methyl/N-ethyl adjacent to an activating group) is 1. The summed E-state index contributed by atoms with van der Waals surface area (Å²) in [6.45, 7) is 0. The highest BCUT2D eigenvalue weighted by Crippen LogP contribution is 2.37. The van der Waals surface area contributed by atoms with Gasteiger partial charge in [-0.2, -0.15) is 0 Å². The number of methoxy groups -OCH3 is 1. The van der Waals surface area contributed by atoms with Crippen LogP contribution in [0.15, 0.2) is 67.9 Å². The number of sulfone groups is 1. The largest absolute Gasteiger partial charge is 0.496 e. The van der Waals surface area contributed by atoms with Gasteiger partial charge in [-0.25, -0.2) is 16.8 Å². The Kier molecular flexibility index (Phi) is 6.54. The molecule has 1 aliphatic rings. The van der Waals surface area contributed by atoms with Crippen LogP contribution < -0.4 is 9.46 Å². The van der Waals surface area contributed by atoms with Gasteiger partial charge in [0.05, 0.1) is 17.7 Å². The summed E-state index contributed by atoms with van der Waals surface area (Å²) in [5.74, 6) is 0.742. The molecule has 3 aromatic rings. The third kappa shape index (κ3) is 4.65. The van der Waals surface area contributed by atoms with Gasteiger partial charge in [0.15, 0.2) is 0 Å². The first-order chi connectivity index (χ1) is 15.6. The van der Waals surface area contributed by atoms with E-state index in [1.54, 1.807) is 37.4 Å². The van der Waals surface area contributed by atoms with Crippen LogP contribution in [0.3, 0.4) is 0 Å². The Hall–Kier alpha value is -2.40. The molecule has 0 amide bonds. The van der Waals surface area contributed by atoms with Crippen molar-refractivity contribution in [1.82, 2.24) is 4.90 Å². The molecule has 1 aliphatic carbocycles. The van der Waals surface area contributed by atoms with Crippen LogP contribution in [0.5, 0.6) is 5.75 Å². The van der Waals surface area contributed by atoms with Crippen molar-refractivity contribution in [1.29, 1.82) is 0 Å². The van der Waals surface area contributed by atoms with E-state index in [-0.39, 0.29) is 13.3 Å². The zero-order chi connectivity index (χ0) is 23.8. The van der Waals surface area contributed by atoms with Crippen molar-refractivity contribution in [2.24, 2.45) is 0 Å². The highest BCUT2D eigenvalue weighted by molar-refractivity contribution is 7.96. The van der Waals surface area contributed by atoms with Crippen molar-refractivity contribution in [3.8, 4) is 5.75 Å². The Morgan fingerprint density at radius 3 is 2.30 bits per heavy atom. The first-order valence-electron chi connectivity index (χ1n) is 10.4. The van der Waals surface area contributed by atoms with Crippen molar-refractivity contribution in [2.45, 2.75) is 38.6 Å². The molecule has 0 bridgehead atoms. The molecule has 0 radical (unpaired) electrons. The monoisotopic (exact) mass is 506 g/mol. The number of nitrogens with zero attached hydrogens (tertiary/aromatic N) is 1. The molecule has 0 spiro atoms. The van der Waals surface area contributed by atoms with Gasteiger partial charge in [0.1, 0.15) is 14.2 Å². The van der Waals surface area contributed by atoms with Gasteiger partial charge in [0.2, 0.25) is 9.84 Å². The Labute approximate surface area is 199 Å². The maximum absolute atomic E-state index is 13.2. The van der Waals surface area contributed by atoms with Crippen LogP contribution in [0.4, 0.5) is 5.69 Å². The normalized spacial score (nSPS) is 16.4. The van der Waals surface area contributed by atoms with Crippen molar-refractivity contribution in [3.05, 3.63) is 65.7 Å². The van der Waals surface area contributed by atoms with Gasteiger partial charge >= 0.3 is 0 Å². The Morgan fingerprint density at radius 2 is 1.64 bits per heavy atom. The molecule has 10 heteroatoms. The van der Waals surface area contributed by atoms with E-state index in [2.05, 4.69) is 9.62 Å². The Bertz CT molecular complexity index is 1360. The van der Waals surface area contributed by atoms with Gasteiger partial charge in [-0.15, -0.1) is 11.3 Å². The second kappa shape index (κ2) is 9.09. The number of sulfonamides is 1. The molecule has 2 aromatic carbocycles. The summed E-state index contributed by atoms with van der Waals surface area (Å²) in [7, 11) is -2.07. The first kappa shape index (κ1) is 23.7. The zero-order valence-electron chi connectivity index (χ0n) is 18.6. The number of benzene rings is 2. The van der Waals surface area contributed by atoms with Gasteiger partial charge in [0, 0.05) is 11.6 Å². The van der Waals surface area contributed by atoms with Gasteiger partial charge in [-0.05, 0) is 75.3 Å². The molecular formula is C23H26N2O5S3. The van der Waals surface area contributed by atoms with E-state index in [4.69, 9.17) is 4.74 Å². The quantitative estimate of drug-likeness (QED) is 0.524. The predicted octanol–water partition coefficient (Wildman–Crippen LogP) is 3.81. The van der Waals surface area contributed by atoms with Crippen LogP contribution in [-0.4, -0.2) is 49.0 Å². The highest BCUT2D eigenvalue weighted by atomic mass is 32.3. The van der Waals surface area contributed by atoms with Gasteiger partial charge in [0.25, 0.3) is 10.0 Å². The van der Waals surface area contributed by atoms with E-state index < -0.39 is 19.9 Å². The molecular weight excluding hydrogens is 480 g/mol. The van der Waals surface area contributed by atoms with Crippen LogP contribution in [0, 0.1) is 0 Å². The van der Waals surface area contributed by atoms with Gasteiger partial charge in [-0.1, -0.05) is 18.2 Å². The molecule has 7 nitrogen and oxygen atoms in total. The van der Waals surface area contributed by atoms with Crippen LogP contribution in [0.2, 0.25) is 0 Å². The second-order valence-electron chi connectivity index (χ2n) is 8.13. The molecule has 4 rings (SSSR count). The van der Waals surface area contributed by atoms with Crippen molar-refractivity contribution < 1.29 is 21.6 Å². The number of nitrogens with one attached hydrogen (secondary N) is 1. The third-order valence-corrected chi connectivity index (χ3v) is 11.1. The molecule has 1 atom stereocenters. The lowest BCUT2D eigenvalue weighted by atomic mass is 9.86. The number of hydrogen-bond donors (Lipinski definition) is 1. The van der Waals surface area contributed by atoms with Crippen molar-refractivity contribution in [2.75, 3.05) is 25.9 Å². The van der Waals surface area contributed by atoms with E-state index in [9.17, 15) is 16.8 Å². The number of ether oxygens (including phenoxy) is 1. The maximum atomic E-state index is 13.2. The lowest BCUT2D eigenvalue weighted by molar-refractivity contribution is 0.265. The third-order valence-electron chi connectivity index (χ3n) is 5.89. The van der Waals surface area contributed by atoms with Gasteiger partial charge < -0.3 is 9.64 Å². The number of thiophene rings is 1. The molecule has 0 aliphatic heterocycles. The van der Waals surface area contributed by atoms with E-state index in [1.807, 2.05) is 14.1 Å². The van der Waals surface area contributed by atoms with Crippen LogP contribution in [0.1, 0.15) is 17.5 Å². The summed E-state index contributed by atoms with van der Waals surface area (Å²) in [6, 6.07) is 14.5. The van der Waals surface area contributed by atoms with E-state index >= 15 is 0 Å². The summed E-state index contributed by atoms with van der Waals surface area (Å²) in [5.41, 5.74) is 2.43. The van der Waals surface area contributed by atoms with Crippen LogP contribution >= 0.6 is 11.3 Å². The fraction of sp³-hybridized carbons (Fsp3) is 0.304. The molecule has 176 valence electrons. The number of fused-ring (bicyclic) bond motifs is 1. The van der Waals surface area contributed by atoms with Crippen molar-refractivity contribution >= 4 is 36.9 Å². The minimum Gasteiger partial charge on any atom is -0.496 e. The van der Waals surface area contributed by atoms with E-state index in [0.717, 1.165) is 41.1 Å². The molecule has 1 aromatic heterocycles. The highest BCUT2D eigenvalue weighted by Gasteiger charge is 2.28. The topological polar surface area (TPSA) is 92.8 Å². The molecule has 1 N–H and O–H groups in total. The first-order valence-corrected chi connectivity index (χ1v) is 14.2. The van der Waals surface area contributed by atoms with Gasteiger partial charge in [-0.3, -0.25) is 4.72 Å². The minimum atomic E-state index is -3.97. The SMILES string of the molecule is COc1ccc(NS(=O)(=O)c2ccc(S(=O)(=O)c3ccccc3)s2)c2c1CC(N(C)C)CC2. The fourth-order valence-electron chi connectivity index (χ4n) is 4.06. The molecule has 0 saturated heterocycles. The molecule has 0 saturated carbocycles. The summed E-state index contributed by atoms with van der Waals surface area (Å²) < 4.78 is 60.2. The summed E-state index contributed by atoms with van der Waals surface area (Å²) in [6.07, 6.45) is 2.38. The average molecular weight is 507 g/mol. The summed E-state index contributed by atoms with van der Waals surface area (Å²) in [5, 5.41) is 0. The summed E-state index contributed by atoms with van der Waals surface area (Å²) in [4.78, 5) is 2.29. The predicted molar refractivity (Wildman–Crippen MR) is 130 cm³/mol. The molecule has 1 heterocycles. The lowest BCUT2D eigenvalue weighted by Gasteiger charge is -2.32. The van der Waals surface area contributed by atoms with Crippen LogP contribution in [0.25, 0.3) is 0 Å². The maximum Gasteiger partial charge on any atom is 0.271 e. The minimum absolute atomic E-state index is 0.0142. The standard InChI is InChI=1S/C23H26N2O5S3/c1-25(2)16-9-10-18-19(15-16)21(30-3)12-11-20(18)24-33(28,29)23-14-13-22(31-23)32(26,27)17-7-5-4-6-8-17/h4-8,11-14,16,24H,9-10,15H2,1-3H3. The number of hydrogen-bond acceptors (Lipinski definition) is 7. The molecule has 33 heavy (non-hydrogen) atoms. The smallest absolute Gasteiger partial charge is 0.271 e. The van der Waals surface area contributed by atoms with E-state index in [1.165, 1.54) is 24.3 Å². The zero-order valence-corrected chi connectivity index (χ0v) is 21.1. The number of anilines is 1. The van der Waals surface area contributed by atoms with E-state index in [0.29, 0.717) is 18.2 Å². The molecule has 0 fully saturated rings. The van der Waals surface area contributed by atoms with Crippen molar-refractivity contribution in [3.63, 3.8) is 0 Å². The Balaban J connectivity index is 1.65.